The van der Waals surface area contributed by atoms with Gasteiger partial charge in [-0.2, -0.15) is 0 Å². The topological polar surface area (TPSA) is 102 Å². The number of rotatable bonds is 2. The van der Waals surface area contributed by atoms with E-state index >= 15 is 0 Å². The van der Waals surface area contributed by atoms with E-state index in [9.17, 15) is 0 Å². The van der Waals surface area contributed by atoms with Crippen LogP contribution in [0.1, 0.15) is 11.5 Å². The molecule has 0 aliphatic rings. The molecule has 6 heteroatoms. The summed E-state index contributed by atoms with van der Waals surface area (Å²) in [7, 11) is 0. The van der Waals surface area contributed by atoms with Crippen molar-refractivity contribution in [1.29, 1.82) is 0 Å². The van der Waals surface area contributed by atoms with Crippen molar-refractivity contribution in [2.75, 3.05) is 0 Å². The number of hydrogen-bond donors (Lipinski definition) is 3. The van der Waals surface area contributed by atoms with Gasteiger partial charge in [-0.3, -0.25) is 5.43 Å². The largest absolute Gasteiger partial charge is 0.369 e. The van der Waals surface area contributed by atoms with Crippen LogP contribution in [0.2, 0.25) is 0 Å². The first-order chi connectivity index (χ1) is 6.22. The molecule has 0 aliphatic heterocycles. The fourth-order valence-corrected chi connectivity index (χ4v) is 0.805. The average molecular weight is 180 g/mol. The van der Waals surface area contributed by atoms with Crippen LogP contribution in [-0.4, -0.2) is 15.9 Å². The van der Waals surface area contributed by atoms with Crippen LogP contribution < -0.4 is 17.0 Å². The van der Waals surface area contributed by atoms with Crippen molar-refractivity contribution in [3.05, 3.63) is 23.8 Å². The number of nitrogens with zero attached hydrogens (tertiary/aromatic N) is 3. The van der Waals surface area contributed by atoms with Gasteiger partial charge in [-0.1, -0.05) is 0 Å². The first-order valence-electron chi connectivity index (χ1n) is 3.77. The zero-order chi connectivity index (χ0) is 9.68. The number of aliphatic imine (C=N–C) groups is 1. The second-order valence-electron chi connectivity index (χ2n) is 2.44. The maximum Gasteiger partial charge on any atom is 0.203 e. The Morgan fingerprint density at radius 2 is 2.46 bits per heavy atom. The third kappa shape index (κ3) is 3.04. The minimum Gasteiger partial charge on any atom is -0.369 e. The van der Waals surface area contributed by atoms with E-state index in [1.807, 2.05) is 6.92 Å². The van der Waals surface area contributed by atoms with Gasteiger partial charge in [0, 0.05) is 6.20 Å². The average Bonchev–Trinajstić information content (AvgIpc) is 2.14. The summed E-state index contributed by atoms with van der Waals surface area (Å²) in [6.45, 7) is 2.22. The second-order valence-corrected chi connectivity index (χ2v) is 2.44. The number of nitrogens with two attached hydrogens (primary N) is 2. The first-order valence-corrected chi connectivity index (χ1v) is 3.77. The molecule has 0 bridgehead atoms. The summed E-state index contributed by atoms with van der Waals surface area (Å²) in [5.74, 6) is 5.93. The maximum atomic E-state index is 5.33. The van der Waals surface area contributed by atoms with Gasteiger partial charge in [0.25, 0.3) is 0 Å². The molecule has 1 rings (SSSR count). The molecule has 13 heavy (non-hydrogen) atoms. The molecule has 0 unspecified atom stereocenters. The lowest BCUT2D eigenvalue weighted by Crippen LogP contribution is -2.37. The molecule has 0 saturated heterocycles. The number of nitrogens with one attached hydrogen (secondary N) is 1. The van der Waals surface area contributed by atoms with E-state index in [4.69, 9.17) is 11.6 Å². The molecule has 0 saturated carbocycles. The van der Waals surface area contributed by atoms with Crippen LogP contribution in [0.15, 0.2) is 17.3 Å². The van der Waals surface area contributed by atoms with Gasteiger partial charge < -0.3 is 5.73 Å². The van der Waals surface area contributed by atoms with Crippen molar-refractivity contribution in [2.24, 2.45) is 16.6 Å². The number of hydrogen-bond acceptors (Lipinski definition) is 4. The van der Waals surface area contributed by atoms with E-state index in [0.29, 0.717) is 12.4 Å². The molecule has 0 fully saturated rings. The van der Waals surface area contributed by atoms with Gasteiger partial charge in [-0.15, -0.1) is 0 Å². The summed E-state index contributed by atoms with van der Waals surface area (Å²) in [4.78, 5) is 12.0. The highest BCUT2D eigenvalue weighted by atomic mass is 15.3. The third-order valence-corrected chi connectivity index (χ3v) is 1.39. The van der Waals surface area contributed by atoms with Gasteiger partial charge in [-0.25, -0.2) is 20.8 Å². The highest BCUT2D eigenvalue weighted by Gasteiger charge is 1.93. The van der Waals surface area contributed by atoms with Gasteiger partial charge in [0.1, 0.15) is 5.82 Å². The monoisotopic (exact) mass is 180 g/mol. The van der Waals surface area contributed by atoms with Gasteiger partial charge >= 0.3 is 0 Å². The van der Waals surface area contributed by atoms with Crippen molar-refractivity contribution in [3.8, 4) is 0 Å². The molecule has 0 spiro atoms. The minimum atomic E-state index is 0.191. The molecule has 5 N–H and O–H groups in total. The Morgan fingerprint density at radius 3 is 3.08 bits per heavy atom. The molecule has 1 heterocycles. The zero-order valence-corrected chi connectivity index (χ0v) is 7.36. The van der Waals surface area contributed by atoms with E-state index in [1.54, 1.807) is 12.3 Å². The van der Waals surface area contributed by atoms with Gasteiger partial charge in [0.15, 0.2) is 0 Å². The summed E-state index contributed by atoms with van der Waals surface area (Å²) >= 11 is 0. The van der Waals surface area contributed by atoms with Crippen molar-refractivity contribution in [1.82, 2.24) is 15.4 Å². The molecule has 0 radical (unpaired) electrons. The number of aryl methyl sites for hydroxylation is 1. The van der Waals surface area contributed by atoms with Gasteiger partial charge in [-0.05, 0) is 13.0 Å². The molecule has 6 nitrogen and oxygen atoms in total. The number of hydrazine groups is 1. The smallest absolute Gasteiger partial charge is 0.203 e. The predicted molar refractivity (Wildman–Crippen MR) is 49.4 cm³/mol. The highest BCUT2D eigenvalue weighted by Crippen LogP contribution is 1.95. The summed E-state index contributed by atoms with van der Waals surface area (Å²) in [6.07, 6.45) is 1.68. The lowest BCUT2D eigenvalue weighted by molar-refractivity contribution is 0.901. The molecule has 70 valence electrons. The summed E-state index contributed by atoms with van der Waals surface area (Å²) in [5, 5.41) is 0. The Labute approximate surface area is 76.1 Å². The van der Waals surface area contributed by atoms with Gasteiger partial charge in [0.2, 0.25) is 5.96 Å². The molecule has 0 aliphatic carbocycles. The molecule has 0 atom stereocenters. The number of aromatic nitrogens is 2. The Kier molecular flexibility index (Phi) is 3.15. The summed E-state index contributed by atoms with van der Waals surface area (Å²) in [5.41, 5.74) is 8.37. The second kappa shape index (κ2) is 4.36. The zero-order valence-electron chi connectivity index (χ0n) is 7.36. The van der Waals surface area contributed by atoms with Crippen LogP contribution in [0.3, 0.4) is 0 Å². The van der Waals surface area contributed by atoms with Crippen LogP contribution in [0.25, 0.3) is 0 Å². The normalized spacial score (nSPS) is 11.4. The molecule has 1 aromatic rings. The van der Waals surface area contributed by atoms with E-state index < -0.39 is 0 Å². The van der Waals surface area contributed by atoms with Crippen LogP contribution in [0, 0.1) is 6.92 Å². The Hall–Kier alpha value is -1.69. The van der Waals surface area contributed by atoms with Crippen LogP contribution in [0.5, 0.6) is 0 Å². The van der Waals surface area contributed by atoms with Crippen LogP contribution >= 0.6 is 0 Å². The molecule has 0 aromatic carbocycles. The van der Waals surface area contributed by atoms with E-state index in [0.717, 1.165) is 5.69 Å². The first kappa shape index (κ1) is 9.40. The predicted octanol–water partition coefficient (Wildman–Crippen LogP) is -0.937. The lowest BCUT2D eigenvalue weighted by Gasteiger charge is -1.99. The van der Waals surface area contributed by atoms with Crippen molar-refractivity contribution in [3.63, 3.8) is 0 Å². The summed E-state index contributed by atoms with van der Waals surface area (Å²) < 4.78 is 0. The third-order valence-electron chi connectivity index (χ3n) is 1.39. The maximum absolute atomic E-state index is 5.33. The van der Waals surface area contributed by atoms with E-state index in [1.165, 1.54) is 0 Å². The van der Waals surface area contributed by atoms with Gasteiger partial charge in [0.05, 0.1) is 12.2 Å². The summed E-state index contributed by atoms with van der Waals surface area (Å²) in [6, 6.07) is 1.78. The quantitative estimate of drug-likeness (QED) is 0.236. The lowest BCUT2D eigenvalue weighted by atomic mass is 10.4. The molecular weight excluding hydrogens is 168 g/mol. The SMILES string of the molecule is Cc1nccc(CN=C(N)NN)n1. The van der Waals surface area contributed by atoms with Crippen LogP contribution in [0.4, 0.5) is 0 Å². The molecule has 1 aromatic heterocycles. The fraction of sp³-hybridized carbons (Fsp3) is 0.286. The highest BCUT2D eigenvalue weighted by molar-refractivity contribution is 5.76. The van der Waals surface area contributed by atoms with E-state index in [-0.39, 0.29) is 5.96 Å². The van der Waals surface area contributed by atoms with E-state index in [2.05, 4.69) is 20.4 Å². The Morgan fingerprint density at radius 1 is 1.69 bits per heavy atom. The van der Waals surface area contributed by atoms with Crippen molar-refractivity contribution >= 4 is 5.96 Å². The number of guanidine groups is 1. The van der Waals surface area contributed by atoms with Crippen molar-refractivity contribution in [2.45, 2.75) is 13.5 Å². The molecular formula is C7H12N6. The molecule has 0 amide bonds. The van der Waals surface area contributed by atoms with Crippen molar-refractivity contribution < 1.29 is 0 Å². The fourth-order valence-electron chi connectivity index (χ4n) is 0.805. The Bertz CT molecular complexity index is 308. The minimum absolute atomic E-state index is 0.191. The van der Waals surface area contributed by atoms with Crippen LogP contribution in [-0.2, 0) is 6.54 Å². The Balaban J connectivity index is 2.64. The standard InChI is InChI=1S/C7H12N6/c1-5-10-3-2-6(12-5)4-11-7(8)13-9/h2-3H,4,9H2,1H3,(H3,8,11,13).